The molecule has 0 saturated heterocycles. The van der Waals surface area contributed by atoms with Gasteiger partial charge in [-0.1, -0.05) is 13.3 Å². The third-order valence-corrected chi connectivity index (χ3v) is 2.26. The first-order valence-electron chi connectivity index (χ1n) is 5.36. The van der Waals surface area contributed by atoms with Gasteiger partial charge in [0.15, 0.2) is 0 Å². The quantitative estimate of drug-likeness (QED) is 0.765. The van der Waals surface area contributed by atoms with Crippen LogP contribution >= 0.6 is 0 Å². The molecule has 0 bridgehead atoms. The molecule has 0 atom stereocenters. The molecule has 1 aromatic carbocycles. The summed E-state index contributed by atoms with van der Waals surface area (Å²) in [6.07, 6.45) is -2.30. The van der Waals surface area contributed by atoms with Crippen LogP contribution in [0, 0.1) is 6.92 Å². The van der Waals surface area contributed by atoms with Crippen molar-refractivity contribution in [1.82, 2.24) is 0 Å². The maximum absolute atomic E-state index is 12.5. The van der Waals surface area contributed by atoms with Gasteiger partial charge in [0, 0.05) is 12.2 Å². The summed E-state index contributed by atoms with van der Waals surface area (Å²) in [5, 5.41) is 3.00. The third-order valence-electron chi connectivity index (χ3n) is 2.26. The van der Waals surface area contributed by atoms with Crippen molar-refractivity contribution in [2.75, 3.05) is 11.9 Å². The molecule has 1 nitrogen and oxygen atoms in total. The summed E-state index contributed by atoms with van der Waals surface area (Å²) in [6, 6.07) is 4.04. The Balaban J connectivity index is 2.82. The molecule has 90 valence electrons. The summed E-state index contributed by atoms with van der Waals surface area (Å²) < 4.78 is 37.5. The number of halogens is 3. The summed E-state index contributed by atoms with van der Waals surface area (Å²) >= 11 is 0. The molecule has 0 aliphatic carbocycles. The number of rotatable bonds is 4. The molecule has 0 spiro atoms. The van der Waals surface area contributed by atoms with Gasteiger partial charge in [-0.25, -0.2) is 0 Å². The molecular formula is C12H16F3N. The minimum absolute atomic E-state index is 0.542. The topological polar surface area (TPSA) is 12.0 Å². The fraction of sp³-hybridized carbons (Fsp3) is 0.500. The van der Waals surface area contributed by atoms with Crippen molar-refractivity contribution in [3.63, 3.8) is 0 Å². The molecule has 0 unspecified atom stereocenters. The number of unbranched alkanes of at least 4 members (excludes halogenated alkanes) is 1. The maximum atomic E-state index is 12.5. The van der Waals surface area contributed by atoms with Gasteiger partial charge in [0.1, 0.15) is 0 Å². The molecule has 16 heavy (non-hydrogen) atoms. The Labute approximate surface area is 93.7 Å². The first-order valence-corrected chi connectivity index (χ1v) is 5.36. The number of hydrogen-bond donors (Lipinski definition) is 1. The number of aryl methyl sites for hydroxylation is 1. The standard InChI is InChI=1S/C12H16F3N/c1-3-4-5-16-11-7-9(2)6-10(8-11)12(13,14)15/h6-8,16H,3-5H2,1-2H3. The predicted molar refractivity (Wildman–Crippen MR) is 59.6 cm³/mol. The van der Waals surface area contributed by atoms with Crippen LogP contribution in [0.1, 0.15) is 30.9 Å². The lowest BCUT2D eigenvalue weighted by Crippen LogP contribution is -2.07. The minimum Gasteiger partial charge on any atom is -0.385 e. The Hall–Kier alpha value is -1.19. The fourth-order valence-electron chi connectivity index (χ4n) is 1.46. The Kier molecular flexibility index (Phi) is 4.21. The van der Waals surface area contributed by atoms with Crippen LogP contribution in [0.15, 0.2) is 18.2 Å². The highest BCUT2D eigenvalue weighted by molar-refractivity contribution is 5.49. The van der Waals surface area contributed by atoms with E-state index < -0.39 is 11.7 Å². The first kappa shape index (κ1) is 12.9. The normalized spacial score (nSPS) is 11.6. The molecule has 1 rings (SSSR count). The summed E-state index contributed by atoms with van der Waals surface area (Å²) in [7, 11) is 0. The van der Waals surface area contributed by atoms with Crippen molar-refractivity contribution in [3.8, 4) is 0 Å². The second-order valence-corrected chi connectivity index (χ2v) is 3.87. The van der Waals surface area contributed by atoms with Crippen molar-refractivity contribution >= 4 is 5.69 Å². The van der Waals surface area contributed by atoms with Crippen molar-refractivity contribution in [1.29, 1.82) is 0 Å². The van der Waals surface area contributed by atoms with Crippen LogP contribution in [-0.4, -0.2) is 6.54 Å². The Morgan fingerprint density at radius 1 is 1.19 bits per heavy atom. The van der Waals surface area contributed by atoms with Gasteiger partial charge in [-0.15, -0.1) is 0 Å². The van der Waals surface area contributed by atoms with E-state index in [0.717, 1.165) is 25.0 Å². The van der Waals surface area contributed by atoms with E-state index in [0.29, 0.717) is 17.8 Å². The molecule has 0 fully saturated rings. The van der Waals surface area contributed by atoms with Crippen LogP contribution in [-0.2, 0) is 6.18 Å². The molecule has 4 heteroatoms. The molecule has 0 amide bonds. The molecule has 1 N–H and O–H groups in total. The number of benzene rings is 1. The Bertz CT molecular complexity index is 345. The van der Waals surface area contributed by atoms with Crippen molar-refractivity contribution in [3.05, 3.63) is 29.3 Å². The number of anilines is 1. The van der Waals surface area contributed by atoms with E-state index in [2.05, 4.69) is 5.32 Å². The SMILES string of the molecule is CCCCNc1cc(C)cc(C(F)(F)F)c1. The minimum atomic E-state index is -4.27. The molecule has 0 saturated carbocycles. The van der Waals surface area contributed by atoms with Crippen molar-refractivity contribution in [2.24, 2.45) is 0 Å². The van der Waals surface area contributed by atoms with Gasteiger partial charge in [0.05, 0.1) is 5.56 Å². The van der Waals surface area contributed by atoms with E-state index in [4.69, 9.17) is 0 Å². The summed E-state index contributed by atoms with van der Waals surface area (Å²) in [5.74, 6) is 0. The van der Waals surface area contributed by atoms with Crippen molar-refractivity contribution in [2.45, 2.75) is 32.9 Å². The average Bonchev–Trinajstić information content (AvgIpc) is 2.16. The molecule has 1 aromatic rings. The highest BCUT2D eigenvalue weighted by atomic mass is 19.4. The average molecular weight is 231 g/mol. The molecule has 0 aliphatic rings. The Morgan fingerprint density at radius 2 is 1.88 bits per heavy atom. The van der Waals surface area contributed by atoms with Crippen LogP contribution in [0.5, 0.6) is 0 Å². The predicted octanol–water partition coefficient (Wildman–Crippen LogP) is 4.23. The monoisotopic (exact) mass is 231 g/mol. The lowest BCUT2D eigenvalue weighted by molar-refractivity contribution is -0.137. The van der Waals surface area contributed by atoms with Gasteiger partial charge in [-0.05, 0) is 37.1 Å². The number of hydrogen-bond acceptors (Lipinski definition) is 1. The van der Waals surface area contributed by atoms with Crippen LogP contribution in [0.25, 0.3) is 0 Å². The van der Waals surface area contributed by atoms with Gasteiger partial charge in [-0.2, -0.15) is 13.2 Å². The number of alkyl halides is 3. The van der Waals surface area contributed by atoms with E-state index in [9.17, 15) is 13.2 Å². The lowest BCUT2D eigenvalue weighted by atomic mass is 10.1. The van der Waals surface area contributed by atoms with Crippen molar-refractivity contribution < 1.29 is 13.2 Å². The summed E-state index contributed by atoms with van der Waals surface area (Å²) in [6.45, 7) is 4.41. The van der Waals surface area contributed by atoms with Crippen LogP contribution in [0.2, 0.25) is 0 Å². The van der Waals surface area contributed by atoms with Crippen LogP contribution < -0.4 is 5.32 Å². The van der Waals surface area contributed by atoms with Gasteiger partial charge in [0.25, 0.3) is 0 Å². The lowest BCUT2D eigenvalue weighted by Gasteiger charge is -2.12. The zero-order valence-electron chi connectivity index (χ0n) is 9.49. The third kappa shape index (κ3) is 3.76. The largest absolute Gasteiger partial charge is 0.416 e. The smallest absolute Gasteiger partial charge is 0.385 e. The molecule has 0 aliphatic heterocycles. The summed E-state index contributed by atoms with van der Waals surface area (Å²) in [4.78, 5) is 0. The summed E-state index contributed by atoms with van der Waals surface area (Å²) in [5.41, 5.74) is 0.570. The van der Waals surface area contributed by atoms with Gasteiger partial charge in [-0.3, -0.25) is 0 Å². The van der Waals surface area contributed by atoms with Gasteiger partial charge < -0.3 is 5.32 Å². The zero-order valence-corrected chi connectivity index (χ0v) is 9.49. The fourth-order valence-corrected chi connectivity index (χ4v) is 1.46. The highest BCUT2D eigenvalue weighted by Crippen LogP contribution is 2.31. The zero-order chi connectivity index (χ0) is 12.2. The van der Waals surface area contributed by atoms with E-state index in [1.807, 2.05) is 6.92 Å². The maximum Gasteiger partial charge on any atom is 0.416 e. The second-order valence-electron chi connectivity index (χ2n) is 3.87. The highest BCUT2D eigenvalue weighted by Gasteiger charge is 2.30. The van der Waals surface area contributed by atoms with E-state index >= 15 is 0 Å². The molecule has 0 radical (unpaired) electrons. The Morgan fingerprint density at radius 3 is 2.44 bits per heavy atom. The first-order chi connectivity index (χ1) is 7.43. The molecule has 0 aromatic heterocycles. The second kappa shape index (κ2) is 5.23. The van der Waals surface area contributed by atoms with Crippen LogP contribution in [0.4, 0.5) is 18.9 Å². The number of nitrogens with one attached hydrogen (secondary N) is 1. The van der Waals surface area contributed by atoms with E-state index in [-0.39, 0.29) is 0 Å². The van der Waals surface area contributed by atoms with Gasteiger partial charge in [0.2, 0.25) is 0 Å². The van der Waals surface area contributed by atoms with Crippen LogP contribution in [0.3, 0.4) is 0 Å². The molecular weight excluding hydrogens is 215 g/mol. The molecule has 0 heterocycles. The van der Waals surface area contributed by atoms with E-state index in [1.54, 1.807) is 13.0 Å². The van der Waals surface area contributed by atoms with Gasteiger partial charge >= 0.3 is 6.18 Å². The van der Waals surface area contributed by atoms with E-state index in [1.165, 1.54) is 0 Å².